The predicted molar refractivity (Wildman–Crippen MR) is 101 cm³/mol. The van der Waals surface area contributed by atoms with Crippen molar-refractivity contribution in [1.29, 1.82) is 0 Å². The maximum Gasteiger partial charge on any atom is 0.243 e. The summed E-state index contributed by atoms with van der Waals surface area (Å²) in [6, 6.07) is 14.2. The Bertz CT molecular complexity index is 884. The van der Waals surface area contributed by atoms with Gasteiger partial charge in [-0.3, -0.25) is 0 Å². The van der Waals surface area contributed by atoms with Gasteiger partial charge in [0, 0.05) is 6.54 Å². The lowest BCUT2D eigenvalue weighted by molar-refractivity contribution is -0.0655. The van der Waals surface area contributed by atoms with E-state index in [-0.39, 0.29) is 22.6 Å². The third-order valence-electron chi connectivity index (χ3n) is 4.53. The summed E-state index contributed by atoms with van der Waals surface area (Å²) in [5.74, 6) is 0.439. The van der Waals surface area contributed by atoms with Crippen molar-refractivity contribution in [2.24, 2.45) is 0 Å². The van der Waals surface area contributed by atoms with Gasteiger partial charge in [0.15, 0.2) is 0 Å². The molecule has 1 unspecified atom stereocenters. The van der Waals surface area contributed by atoms with Gasteiger partial charge in [-0.25, -0.2) is 8.42 Å². The first-order valence-corrected chi connectivity index (χ1v) is 10.1. The molecule has 0 radical (unpaired) electrons. The van der Waals surface area contributed by atoms with Gasteiger partial charge in [0.1, 0.15) is 5.75 Å². The molecule has 5 nitrogen and oxygen atoms in total. The highest BCUT2D eigenvalue weighted by molar-refractivity contribution is 7.89. The Kier molecular flexibility index (Phi) is 5.30. The Morgan fingerprint density at radius 1 is 1.19 bits per heavy atom. The van der Waals surface area contributed by atoms with Gasteiger partial charge < -0.3 is 9.47 Å². The summed E-state index contributed by atoms with van der Waals surface area (Å²) in [6.07, 6.45) is -0.312. The number of halogens is 1. The van der Waals surface area contributed by atoms with Crippen LogP contribution in [0.25, 0.3) is 0 Å². The van der Waals surface area contributed by atoms with E-state index in [1.165, 1.54) is 23.5 Å². The molecule has 3 rings (SSSR count). The van der Waals surface area contributed by atoms with Crippen molar-refractivity contribution < 1.29 is 17.9 Å². The molecule has 1 fully saturated rings. The normalized spacial score (nSPS) is 20.7. The number of ether oxygens (including phenoxy) is 2. The molecule has 0 saturated carbocycles. The summed E-state index contributed by atoms with van der Waals surface area (Å²) in [4.78, 5) is 0.144. The molecule has 7 heteroatoms. The molecule has 1 heterocycles. The van der Waals surface area contributed by atoms with Crippen LogP contribution >= 0.6 is 11.6 Å². The standard InChI is InChI=1S/C19H22ClNO4S/c1-19(2)13-25-18(14-7-5-4-6-8-14)12-21(19)26(22,23)15-9-10-17(24-3)16(20)11-15/h4-11,18H,12-13H2,1-3H3. The first-order chi connectivity index (χ1) is 12.3. The fourth-order valence-corrected chi connectivity index (χ4v) is 5.17. The van der Waals surface area contributed by atoms with E-state index in [1.54, 1.807) is 6.07 Å². The van der Waals surface area contributed by atoms with Gasteiger partial charge in [0.05, 0.1) is 35.3 Å². The Hall–Kier alpha value is -1.60. The summed E-state index contributed by atoms with van der Waals surface area (Å²) >= 11 is 6.14. The summed E-state index contributed by atoms with van der Waals surface area (Å²) in [5.41, 5.74) is 0.284. The number of morpholine rings is 1. The quantitative estimate of drug-likeness (QED) is 0.788. The lowest BCUT2D eigenvalue weighted by Gasteiger charge is -2.44. The van der Waals surface area contributed by atoms with Crippen molar-refractivity contribution >= 4 is 21.6 Å². The minimum atomic E-state index is -3.74. The molecule has 1 aliphatic rings. The Labute approximate surface area is 159 Å². The van der Waals surface area contributed by atoms with Gasteiger partial charge in [-0.1, -0.05) is 41.9 Å². The van der Waals surface area contributed by atoms with Crippen LogP contribution in [-0.2, 0) is 14.8 Å². The number of rotatable bonds is 4. The molecule has 2 aromatic carbocycles. The van der Waals surface area contributed by atoms with Gasteiger partial charge in [-0.05, 0) is 37.6 Å². The molecule has 26 heavy (non-hydrogen) atoms. The van der Waals surface area contributed by atoms with E-state index in [4.69, 9.17) is 21.1 Å². The maximum absolute atomic E-state index is 13.3. The molecule has 0 aromatic heterocycles. The Morgan fingerprint density at radius 3 is 2.50 bits per heavy atom. The molecule has 1 atom stereocenters. The number of sulfonamides is 1. The van der Waals surface area contributed by atoms with E-state index in [1.807, 2.05) is 44.2 Å². The second-order valence-electron chi connectivity index (χ2n) is 6.86. The van der Waals surface area contributed by atoms with Crippen molar-refractivity contribution in [3.05, 3.63) is 59.1 Å². The van der Waals surface area contributed by atoms with Gasteiger partial charge in [-0.15, -0.1) is 0 Å². The first kappa shape index (κ1) is 19.2. The summed E-state index contributed by atoms with van der Waals surface area (Å²) in [5, 5.41) is 0.263. The van der Waals surface area contributed by atoms with E-state index in [2.05, 4.69) is 0 Å². The fraction of sp³-hybridized carbons (Fsp3) is 0.368. The molecule has 0 N–H and O–H groups in total. The smallest absolute Gasteiger partial charge is 0.243 e. The highest BCUT2D eigenvalue weighted by atomic mass is 35.5. The highest BCUT2D eigenvalue weighted by Gasteiger charge is 2.43. The molecule has 0 amide bonds. The van der Waals surface area contributed by atoms with Crippen LogP contribution < -0.4 is 4.74 Å². The molecule has 140 valence electrons. The second-order valence-corrected chi connectivity index (χ2v) is 9.12. The summed E-state index contributed by atoms with van der Waals surface area (Å²) < 4.78 is 39.2. The molecule has 1 aliphatic heterocycles. The van der Waals surface area contributed by atoms with E-state index in [9.17, 15) is 8.42 Å². The monoisotopic (exact) mass is 395 g/mol. The molecule has 1 saturated heterocycles. The maximum atomic E-state index is 13.3. The molecule has 0 spiro atoms. The topological polar surface area (TPSA) is 55.8 Å². The van der Waals surface area contributed by atoms with E-state index >= 15 is 0 Å². The molecule has 2 aromatic rings. The van der Waals surface area contributed by atoms with E-state index in [0.717, 1.165) is 5.56 Å². The third kappa shape index (κ3) is 3.60. The lowest BCUT2D eigenvalue weighted by atomic mass is 10.0. The van der Waals surface area contributed by atoms with Gasteiger partial charge in [0.25, 0.3) is 0 Å². The molecular weight excluding hydrogens is 374 g/mol. The van der Waals surface area contributed by atoms with E-state index in [0.29, 0.717) is 12.4 Å². The van der Waals surface area contributed by atoms with Crippen LogP contribution in [-0.4, -0.2) is 38.5 Å². The van der Waals surface area contributed by atoms with Crippen LogP contribution in [0.15, 0.2) is 53.4 Å². The Morgan fingerprint density at radius 2 is 1.88 bits per heavy atom. The van der Waals surface area contributed by atoms with Crippen molar-refractivity contribution in [3.63, 3.8) is 0 Å². The number of nitrogens with zero attached hydrogens (tertiary/aromatic N) is 1. The first-order valence-electron chi connectivity index (χ1n) is 8.28. The Balaban J connectivity index is 1.96. The minimum absolute atomic E-state index is 0.144. The van der Waals surface area contributed by atoms with Crippen LogP contribution in [0.1, 0.15) is 25.5 Å². The van der Waals surface area contributed by atoms with Crippen LogP contribution in [0.3, 0.4) is 0 Å². The van der Waals surface area contributed by atoms with Crippen LogP contribution in [0.5, 0.6) is 5.75 Å². The second kappa shape index (κ2) is 7.19. The van der Waals surface area contributed by atoms with Gasteiger partial charge in [0.2, 0.25) is 10.0 Å². The largest absolute Gasteiger partial charge is 0.495 e. The SMILES string of the molecule is COc1ccc(S(=O)(=O)N2CC(c3ccccc3)OCC2(C)C)cc1Cl. The number of benzene rings is 2. The van der Waals surface area contributed by atoms with Crippen LogP contribution in [0.2, 0.25) is 5.02 Å². The summed E-state index contributed by atoms with van der Waals surface area (Å²) in [7, 11) is -2.25. The van der Waals surface area contributed by atoms with E-state index < -0.39 is 15.6 Å². The predicted octanol–water partition coefficient (Wildman–Crippen LogP) is 3.89. The van der Waals surface area contributed by atoms with Gasteiger partial charge in [-0.2, -0.15) is 4.31 Å². The zero-order valence-electron chi connectivity index (χ0n) is 15.0. The highest BCUT2D eigenvalue weighted by Crippen LogP contribution is 2.36. The summed E-state index contributed by atoms with van der Waals surface area (Å²) in [6.45, 7) is 4.26. The van der Waals surface area contributed by atoms with Crippen LogP contribution in [0, 0.1) is 0 Å². The third-order valence-corrected chi connectivity index (χ3v) is 6.90. The minimum Gasteiger partial charge on any atom is -0.495 e. The number of methoxy groups -OCH3 is 1. The molecule has 0 aliphatic carbocycles. The van der Waals surface area contributed by atoms with Crippen molar-refractivity contribution in [1.82, 2.24) is 4.31 Å². The number of hydrogen-bond donors (Lipinski definition) is 0. The van der Waals surface area contributed by atoms with Crippen molar-refractivity contribution in [3.8, 4) is 5.75 Å². The van der Waals surface area contributed by atoms with Crippen LogP contribution in [0.4, 0.5) is 0 Å². The fourth-order valence-electron chi connectivity index (χ4n) is 3.05. The van der Waals surface area contributed by atoms with Crippen molar-refractivity contribution in [2.45, 2.75) is 30.4 Å². The molecule has 0 bridgehead atoms. The average Bonchev–Trinajstić information content (AvgIpc) is 2.62. The average molecular weight is 396 g/mol. The zero-order valence-corrected chi connectivity index (χ0v) is 16.5. The number of hydrogen-bond acceptors (Lipinski definition) is 4. The lowest BCUT2D eigenvalue weighted by Crippen LogP contribution is -2.56. The van der Waals surface area contributed by atoms with Gasteiger partial charge >= 0.3 is 0 Å². The zero-order chi connectivity index (χ0) is 18.9. The van der Waals surface area contributed by atoms with Crippen molar-refractivity contribution in [2.75, 3.05) is 20.3 Å². The molecular formula is C19H22ClNO4S.